The van der Waals surface area contributed by atoms with Gasteiger partial charge < -0.3 is 15.0 Å². The van der Waals surface area contributed by atoms with Crippen molar-refractivity contribution in [2.45, 2.75) is 17.9 Å². The Morgan fingerprint density at radius 3 is 2.47 bits per heavy atom. The van der Waals surface area contributed by atoms with Crippen molar-refractivity contribution < 1.29 is 22.3 Å². The minimum Gasteiger partial charge on any atom is -0.496 e. The van der Waals surface area contributed by atoms with E-state index < -0.39 is 15.8 Å². The Morgan fingerprint density at radius 1 is 1.06 bits per heavy atom. The predicted molar refractivity (Wildman–Crippen MR) is 130 cm³/mol. The van der Waals surface area contributed by atoms with E-state index in [1.165, 1.54) is 24.3 Å². The van der Waals surface area contributed by atoms with E-state index in [2.05, 4.69) is 10.0 Å². The summed E-state index contributed by atoms with van der Waals surface area (Å²) in [5, 5.41) is 2.90. The van der Waals surface area contributed by atoms with Crippen molar-refractivity contribution >= 4 is 21.6 Å². The van der Waals surface area contributed by atoms with E-state index in [9.17, 15) is 17.6 Å². The van der Waals surface area contributed by atoms with E-state index in [0.29, 0.717) is 12.1 Å². The molecule has 2 N–H and O–H groups in total. The number of methoxy groups -OCH3 is 1. The van der Waals surface area contributed by atoms with Crippen molar-refractivity contribution in [1.82, 2.24) is 10.2 Å². The first kappa shape index (κ1) is 25.2. The number of nitrogens with zero attached hydrogens (tertiary/aromatic N) is 1. The van der Waals surface area contributed by atoms with Crippen molar-refractivity contribution in [2.75, 3.05) is 32.5 Å². The maximum absolute atomic E-state index is 13.8. The van der Waals surface area contributed by atoms with Gasteiger partial charge in [-0.3, -0.25) is 9.52 Å². The van der Waals surface area contributed by atoms with Gasteiger partial charge in [0.2, 0.25) is 0 Å². The van der Waals surface area contributed by atoms with Gasteiger partial charge in [0.05, 0.1) is 18.0 Å². The third-order valence-electron chi connectivity index (χ3n) is 5.41. The molecule has 0 bridgehead atoms. The molecular weight excluding hydrogens is 457 g/mol. The predicted octanol–water partition coefficient (Wildman–Crippen LogP) is 3.98. The number of para-hydroxylation sites is 1. The van der Waals surface area contributed by atoms with Gasteiger partial charge in [0.15, 0.2) is 0 Å². The Bertz CT molecular complexity index is 1280. The van der Waals surface area contributed by atoms with E-state index in [-0.39, 0.29) is 28.1 Å². The zero-order chi connectivity index (χ0) is 24.9. The lowest BCUT2D eigenvalue weighted by molar-refractivity contribution is 0.0941. The van der Waals surface area contributed by atoms with Crippen LogP contribution in [0.1, 0.15) is 27.5 Å². The van der Waals surface area contributed by atoms with Crippen molar-refractivity contribution in [3.05, 3.63) is 89.2 Å². The number of likely N-dealkylation sites (N-methyl/N-ethyl adjacent to an activating group) is 1. The van der Waals surface area contributed by atoms with Crippen molar-refractivity contribution in [1.29, 1.82) is 0 Å². The number of sulfonamides is 1. The molecule has 3 aromatic carbocycles. The summed E-state index contributed by atoms with van der Waals surface area (Å²) >= 11 is 0. The van der Waals surface area contributed by atoms with Crippen molar-refractivity contribution in [3.63, 3.8) is 0 Å². The number of anilines is 1. The van der Waals surface area contributed by atoms with Gasteiger partial charge in [0, 0.05) is 23.4 Å². The lowest BCUT2D eigenvalue weighted by Crippen LogP contribution is -2.34. The number of benzene rings is 3. The number of hydrogen-bond acceptors (Lipinski definition) is 5. The van der Waals surface area contributed by atoms with Gasteiger partial charge in [0.25, 0.3) is 15.9 Å². The maximum Gasteiger partial charge on any atom is 0.261 e. The van der Waals surface area contributed by atoms with Gasteiger partial charge in [-0.2, -0.15) is 0 Å². The van der Waals surface area contributed by atoms with E-state index >= 15 is 0 Å². The molecule has 0 radical (unpaired) electrons. The highest BCUT2D eigenvalue weighted by molar-refractivity contribution is 7.92. The highest BCUT2D eigenvalue weighted by atomic mass is 32.2. The highest BCUT2D eigenvalue weighted by Gasteiger charge is 2.20. The summed E-state index contributed by atoms with van der Waals surface area (Å²) in [6.45, 7) is 1.86. The minimum atomic E-state index is -4.02. The van der Waals surface area contributed by atoms with Crippen LogP contribution in [0, 0.1) is 12.7 Å². The second-order valence-electron chi connectivity index (χ2n) is 8.03. The summed E-state index contributed by atoms with van der Waals surface area (Å²) in [5.74, 6) is -0.245. The Labute approximate surface area is 199 Å². The molecule has 3 aromatic rings. The second-order valence-corrected chi connectivity index (χ2v) is 9.71. The lowest BCUT2D eigenvalue weighted by Gasteiger charge is -2.26. The molecule has 1 atom stereocenters. The van der Waals surface area contributed by atoms with Crippen molar-refractivity contribution in [3.8, 4) is 5.75 Å². The van der Waals surface area contributed by atoms with Gasteiger partial charge in [-0.25, -0.2) is 12.8 Å². The Hall–Kier alpha value is -3.43. The van der Waals surface area contributed by atoms with Gasteiger partial charge in [-0.05, 0) is 63.0 Å². The highest BCUT2D eigenvalue weighted by Crippen LogP contribution is 2.27. The van der Waals surface area contributed by atoms with Crippen LogP contribution in [-0.2, 0) is 10.0 Å². The van der Waals surface area contributed by atoms with Gasteiger partial charge in [-0.15, -0.1) is 0 Å². The van der Waals surface area contributed by atoms with E-state index in [1.54, 1.807) is 26.2 Å². The molecule has 180 valence electrons. The standard InChI is InChI=1S/C25H28FN3O4S/c1-17-12-13-20(15-22(17)26)34(31,32)28-19-9-7-8-18(14-19)25(30)27-16-23(29(2)3)21-10-5-6-11-24(21)33-4/h5-15,23,28H,16H2,1-4H3,(H,27,30)/t23-/m0/s1. The zero-order valence-electron chi connectivity index (χ0n) is 19.5. The minimum absolute atomic E-state index is 0.141. The number of rotatable bonds is 9. The largest absolute Gasteiger partial charge is 0.496 e. The molecule has 0 aliphatic rings. The smallest absolute Gasteiger partial charge is 0.261 e. The molecule has 9 heteroatoms. The Balaban J connectivity index is 1.74. The first-order chi connectivity index (χ1) is 16.1. The van der Waals surface area contributed by atoms with Crippen LogP contribution >= 0.6 is 0 Å². The summed E-state index contributed by atoms with van der Waals surface area (Å²) in [6.07, 6.45) is 0. The summed E-state index contributed by atoms with van der Waals surface area (Å²) in [7, 11) is 1.40. The molecule has 0 fully saturated rings. The fourth-order valence-corrected chi connectivity index (χ4v) is 4.54. The second kappa shape index (κ2) is 10.7. The average molecular weight is 486 g/mol. The molecule has 0 saturated heterocycles. The number of carbonyl (C=O) groups is 1. The fourth-order valence-electron chi connectivity index (χ4n) is 3.48. The van der Waals surface area contributed by atoms with Crippen LogP contribution < -0.4 is 14.8 Å². The number of nitrogens with one attached hydrogen (secondary N) is 2. The molecule has 3 rings (SSSR count). The number of ether oxygens (including phenoxy) is 1. The van der Waals surface area contributed by atoms with E-state index in [0.717, 1.165) is 17.4 Å². The summed E-state index contributed by atoms with van der Waals surface area (Å²) < 4.78 is 47.0. The molecular formula is C25H28FN3O4S. The molecule has 0 spiro atoms. The number of aryl methyl sites for hydroxylation is 1. The molecule has 0 aromatic heterocycles. The summed E-state index contributed by atoms with van der Waals surface area (Å²) in [5.41, 5.74) is 1.76. The molecule has 0 aliphatic heterocycles. The topological polar surface area (TPSA) is 87.7 Å². The van der Waals surface area contributed by atoms with Crippen LogP contribution in [0.3, 0.4) is 0 Å². The van der Waals surface area contributed by atoms with E-state index in [4.69, 9.17) is 4.74 Å². The normalized spacial score (nSPS) is 12.3. The number of hydrogen-bond donors (Lipinski definition) is 2. The van der Waals surface area contributed by atoms with Crippen LogP contribution in [0.25, 0.3) is 0 Å². The third-order valence-corrected chi connectivity index (χ3v) is 6.79. The average Bonchev–Trinajstić information content (AvgIpc) is 2.80. The van der Waals surface area contributed by atoms with Crippen LogP contribution in [0.5, 0.6) is 5.75 Å². The molecule has 1 amide bonds. The number of carbonyl (C=O) groups excluding carboxylic acids is 1. The fraction of sp³-hybridized carbons (Fsp3) is 0.240. The number of amides is 1. The monoisotopic (exact) mass is 485 g/mol. The van der Waals surface area contributed by atoms with Gasteiger partial charge in [-0.1, -0.05) is 30.3 Å². The van der Waals surface area contributed by atoms with E-state index in [1.807, 2.05) is 43.3 Å². The third kappa shape index (κ3) is 5.92. The van der Waals surface area contributed by atoms with Crippen LogP contribution in [0.4, 0.5) is 10.1 Å². The zero-order valence-corrected chi connectivity index (χ0v) is 20.3. The SMILES string of the molecule is COc1ccccc1[C@H](CNC(=O)c1cccc(NS(=O)(=O)c2ccc(C)c(F)c2)c1)N(C)C. The quantitative estimate of drug-likeness (QED) is 0.479. The molecule has 0 aliphatic carbocycles. The van der Waals surface area contributed by atoms with Crippen molar-refractivity contribution in [2.24, 2.45) is 0 Å². The molecule has 7 nitrogen and oxygen atoms in total. The first-order valence-corrected chi connectivity index (χ1v) is 12.1. The molecule has 0 unspecified atom stereocenters. The van der Waals surface area contributed by atoms with Crippen LogP contribution in [0.15, 0.2) is 71.6 Å². The van der Waals surface area contributed by atoms with Crippen LogP contribution in [0.2, 0.25) is 0 Å². The van der Waals surface area contributed by atoms with Gasteiger partial charge >= 0.3 is 0 Å². The summed E-state index contributed by atoms with van der Waals surface area (Å²) in [4.78, 5) is 14.6. The summed E-state index contributed by atoms with van der Waals surface area (Å²) in [6, 6.07) is 17.3. The number of halogens is 1. The first-order valence-electron chi connectivity index (χ1n) is 10.6. The Morgan fingerprint density at radius 2 is 1.79 bits per heavy atom. The molecule has 34 heavy (non-hydrogen) atoms. The van der Waals surface area contributed by atoms with Crippen LogP contribution in [-0.4, -0.2) is 47.0 Å². The maximum atomic E-state index is 13.8. The molecule has 0 heterocycles. The molecule has 0 saturated carbocycles. The Kier molecular flexibility index (Phi) is 7.90. The van der Waals surface area contributed by atoms with Gasteiger partial charge in [0.1, 0.15) is 11.6 Å². The lowest BCUT2D eigenvalue weighted by atomic mass is 10.0.